The minimum atomic E-state index is -0.174. The van der Waals surface area contributed by atoms with Crippen LogP contribution in [0.2, 0.25) is 10.0 Å². The lowest BCUT2D eigenvalue weighted by Gasteiger charge is -2.36. The maximum absolute atomic E-state index is 13.2. The fourth-order valence-electron chi connectivity index (χ4n) is 2.74. The molecule has 1 fully saturated rings. The van der Waals surface area contributed by atoms with Crippen LogP contribution in [-0.4, -0.2) is 31.1 Å². The molecule has 5 heteroatoms. The molecule has 2 aromatic rings. The van der Waals surface area contributed by atoms with Crippen molar-refractivity contribution in [2.75, 3.05) is 31.1 Å². The Balaban J connectivity index is 1.59. The molecule has 0 atom stereocenters. The van der Waals surface area contributed by atoms with E-state index in [1.807, 2.05) is 24.3 Å². The summed E-state index contributed by atoms with van der Waals surface area (Å²) in [4.78, 5) is 4.63. The molecule has 0 bridgehead atoms. The van der Waals surface area contributed by atoms with Gasteiger partial charge in [0.2, 0.25) is 0 Å². The molecule has 0 saturated carbocycles. The van der Waals surface area contributed by atoms with Crippen LogP contribution in [0.15, 0.2) is 42.5 Å². The predicted octanol–water partition coefficient (Wildman–Crippen LogP) is 4.45. The summed E-state index contributed by atoms with van der Waals surface area (Å²) in [6.45, 7) is 4.51. The summed E-state index contributed by atoms with van der Waals surface area (Å²) >= 11 is 12.0. The first kappa shape index (κ1) is 15.6. The Kier molecular flexibility index (Phi) is 4.87. The molecule has 1 aliphatic heterocycles. The van der Waals surface area contributed by atoms with Gasteiger partial charge in [0.25, 0.3) is 0 Å². The highest BCUT2D eigenvalue weighted by Gasteiger charge is 2.18. The second-order valence-corrected chi connectivity index (χ2v) is 6.31. The Bertz CT molecular complexity index is 655. The van der Waals surface area contributed by atoms with E-state index < -0.39 is 0 Å². The van der Waals surface area contributed by atoms with E-state index in [4.69, 9.17) is 23.2 Å². The molecule has 0 unspecified atom stereocenters. The molecule has 0 aromatic heterocycles. The van der Waals surface area contributed by atoms with Gasteiger partial charge in [0.05, 0.1) is 10.0 Å². The number of anilines is 1. The average molecular weight is 339 g/mol. The predicted molar refractivity (Wildman–Crippen MR) is 90.4 cm³/mol. The van der Waals surface area contributed by atoms with Gasteiger partial charge in [0.1, 0.15) is 5.82 Å². The Morgan fingerprint density at radius 3 is 2.36 bits per heavy atom. The zero-order chi connectivity index (χ0) is 15.5. The van der Waals surface area contributed by atoms with E-state index in [0.717, 1.165) is 44.0 Å². The van der Waals surface area contributed by atoms with E-state index in [9.17, 15) is 4.39 Å². The summed E-state index contributed by atoms with van der Waals surface area (Å²) in [6.07, 6.45) is 0. The molecule has 1 saturated heterocycles. The van der Waals surface area contributed by atoms with Crippen molar-refractivity contribution in [1.29, 1.82) is 0 Å². The monoisotopic (exact) mass is 338 g/mol. The van der Waals surface area contributed by atoms with Crippen molar-refractivity contribution in [3.63, 3.8) is 0 Å². The quantitative estimate of drug-likeness (QED) is 0.815. The molecule has 22 heavy (non-hydrogen) atoms. The largest absolute Gasteiger partial charge is 0.369 e. The number of halogens is 3. The summed E-state index contributed by atoms with van der Waals surface area (Å²) in [7, 11) is 0. The third-order valence-corrected chi connectivity index (χ3v) is 4.67. The lowest BCUT2D eigenvalue weighted by molar-refractivity contribution is 0.249. The minimum Gasteiger partial charge on any atom is -0.369 e. The Morgan fingerprint density at radius 2 is 1.68 bits per heavy atom. The van der Waals surface area contributed by atoms with E-state index in [-0.39, 0.29) is 5.82 Å². The molecule has 0 spiro atoms. The molecular weight excluding hydrogens is 322 g/mol. The van der Waals surface area contributed by atoms with Crippen LogP contribution < -0.4 is 4.90 Å². The molecule has 3 rings (SSSR count). The van der Waals surface area contributed by atoms with Gasteiger partial charge in [-0.05, 0) is 35.9 Å². The first-order valence-corrected chi connectivity index (χ1v) is 8.04. The molecule has 1 heterocycles. The molecule has 0 aliphatic carbocycles. The fourth-order valence-corrected chi connectivity index (χ4v) is 3.03. The van der Waals surface area contributed by atoms with Crippen molar-refractivity contribution in [3.05, 3.63) is 63.9 Å². The molecule has 0 radical (unpaired) electrons. The summed E-state index contributed by atoms with van der Waals surface area (Å²) in [5.74, 6) is -0.174. The van der Waals surface area contributed by atoms with Crippen LogP contribution in [0.5, 0.6) is 0 Å². The lowest BCUT2D eigenvalue weighted by atomic mass is 10.2. The van der Waals surface area contributed by atoms with E-state index >= 15 is 0 Å². The number of nitrogens with zero attached hydrogens (tertiary/aromatic N) is 2. The number of hydrogen-bond donors (Lipinski definition) is 0. The fraction of sp³-hybridized carbons (Fsp3) is 0.294. The van der Waals surface area contributed by atoms with Gasteiger partial charge in [0, 0.05) is 38.4 Å². The van der Waals surface area contributed by atoms with E-state index in [2.05, 4.69) is 9.80 Å². The van der Waals surface area contributed by atoms with Crippen LogP contribution in [0.4, 0.5) is 10.1 Å². The van der Waals surface area contributed by atoms with Gasteiger partial charge >= 0.3 is 0 Å². The molecular formula is C17H17Cl2FN2. The van der Waals surface area contributed by atoms with Crippen molar-refractivity contribution in [3.8, 4) is 0 Å². The molecule has 116 valence electrons. The van der Waals surface area contributed by atoms with Gasteiger partial charge in [-0.15, -0.1) is 0 Å². The zero-order valence-electron chi connectivity index (χ0n) is 12.1. The number of hydrogen-bond acceptors (Lipinski definition) is 2. The second-order valence-electron chi connectivity index (χ2n) is 5.49. The van der Waals surface area contributed by atoms with Crippen molar-refractivity contribution < 1.29 is 4.39 Å². The summed E-state index contributed by atoms with van der Waals surface area (Å²) in [5, 5.41) is 1.16. The Morgan fingerprint density at radius 1 is 0.909 bits per heavy atom. The average Bonchev–Trinajstić information content (AvgIpc) is 2.51. The van der Waals surface area contributed by atoms with Crippen molar-refractivity contribution in [2.45, 2.75) is 6.54 Å². The van der Waals surface area contributed by atoms with Gasteiger partial charge in [0.15, 0.2) is 0 Å². The third kappa shape index (κ3) is 3.72. The molecule has 2 aromatic carbocycles. The first-order chi connectivity index (χ1) is 10.6. The van der Waals surface area contributed by atoms with Gasteiger partial charge < -0.3 is 4.90 Å². The number of rotatable bonds is 3. The van der Waals surface area contributed by atoms with Crippen LogP contribution in [0.1, 0.15) is 5.56 Å². The molecule has 0 N–H and O–H groups in total. The highest BCUT2D eigenvalue weighted by molar-refractivity contribution is 6.42. The summed E-state index contributed by atoms with van der Waals surface area (Å²) in [6, 6.07) is 12.5. The molecule has 1 aliphatic rings. The normalized spacial score (nSPS) is 16.0. The Hall–Kier alpha value is -1.29. The van der Waals surface area contributed by atoms with Crippen LogP contribution in [0.25, 0.3) is 0 Å². The minimum absolute atomic E-state index is 0.174. The first-order valence-electron chi connectivity index (χ1n) is 7.28. The molecule has 0 amide bonds. The van der Waals surface area contributed by atoms with Gasteiger partial charge in [-0.25, -0.2) is 4.39 Å². The van der Waals surface area contributed by atoms with E-state index in [0.29, 0.717) is 10.0 Å². The van der Waals surface area contributed by atoms with Crippen molar-refractivity contribution >= 4 is 28.9 Å². The van der Waals surface area contributed by atoms with Crippen molar-refractivity contribution in [1.82, 2.24) is 4.90 Å². The standard InChI is InChI=1S/C17H17Cl2FN2/c18-16-5-4-15(11-17(16)19)22-8-6-21(7-9-22)12-13-2-1-3-14(20)10-13/h1-5,10-11H,6-9,12H2. The maximum Gasteiger partial charge on any atom is 0.123 e. The number of benzene rings is 2. The SMILES string of the molecule is Fc1cccc(CN2CCN(c3ccc(Cl)c(Cl)c3)CC2)c1. The smallest absolute Gasteiger partial charge is 0.123 e. The summed E-state index contributed by atoms with van der Waals surface area (Å²) < 4.78 is 13.2. The zero-order valence-corrected chi connectivity index (χ0v) is 13.6. The van der Waals surface area contributed by atoms with E-state index in [1.165, 1.54) is 6.07 Å². The summed E-state index contributed by atoms with van der Waals surface area (Å²) in [5.41, 5.74) is 2.11. The second kappa shape index (κ2) is 6.86. The highest BCUT2D eigenvalue weighted by atomic mass is 35.5. The van der Waals surface area contributed by atoms with Gasteiger partial charge in [-0.2, -0.15) is 0 Å². The van der Waals surface area contributed by atoms with Crippen LogP contribution >= 0.6 is 23.2 Å². The van der Waals surface area contributed by atoms with Crippen LogP contribution in [0.3, 0.4) is 0 Å². The van der Waals surface area contributed by atoms with Crippen LogP contribution in [0, 0.1) is 5.82 Å². The van der Waals surface area contributed by atoms with Gasteiger partial charge in [-0.3, -0.25) is 4.90 Å². The Labute approximate surface area is 140 Å². The molecule has 2 nitrogen and oxygen atoms in total. The van der Waals surface area contributed by atoms with Gasteiger partial charge in [-0.1, -0.05) is 35.3 Å². The van der Waals surface area contributed by atoms with Crippen molar-refractivity contribution in [2.24, 2.45) is 0 Å². The highest BCUT2D eigenvalue weighted by Crippen LogP contribution is 2.27. The van der Waals surface area contributed by atoms with E-state index in [1.54, 1.807) is 12.1 Å². The third-order valence-electron chi connectivity index (χ3n) is 3.94. The topological polar surface area (TPSA) is 6.48 Å². The van der Waals surface area contributed by atoms with Crippen LogP contribution in [-0.2, 0) is 6.54 Å². The lowest BCUT2D eigenvalue weighted by Crippen LogP contribution is -2.45. The maximum atomic E-state index is 13.2. The number of piperazine rings is 1.